The van der Waals surface area contributed by atoms with Crippen molar-refractivity contribution in [3.63, 3.8) is 0 Å². The van der Waals surface area contributed by atoms with Crippen LogP contribution in [0.15, 0.2) is 18.2 Å². The van der Waals surface area contributed by atoms with Gasteiger partial charge in [0.15, 0.2) is 0 Å². The monoisotopic (exact) mass is 369 g/mol. The average Bonchev–Trinajstić information content (AvgIpc) is 2.73. The van der Waals surface area contributed by atoms with Crippen LogP contribution in [-0.4, -0.2) is 20.0 Å². The SMILES string of the molecule is CCc1cccc(CC)c1N1C(=O)C(C(Cl)(Cl)Cl)OS1=O. The van der Waals surface area contributed by atoms with Crippen molar-refractivity contribution in [2.45, 2.75) is 36.6 Å². The van der Waals surface area contributed by atoms with Crippen LogP contribution in [0.25, 0.3) is 0 Å². The Morgan fingerprint density at radius 3 is 2.14 bits per heavy atom. The van der Waals surface area contributed by atoms with Crippen molar-refractivity contribution < 1.29 is 13.2 Å². The van der Waals surface area contributed by atoms with Crippen LogP contribution in [0.3, 0.4) is 0 Å². The highest BCUT2D eigenvalue weighted by Crippen LogP contribution is 2.40. The minimum Gasteiger partial charge on any atom is -0.270 e. The summed E-state index contributed by atoms with van der Waals surface area (Å²) in [5.41, 5.74) is 2.37. The van der Waals surface area contributed by atoms with Gasteiger partial charge < -0.3 is 0 Å². The van der Waals surface area contributed by atoms with Gasteiger partial charge in [-0.25, -0.2) is 8.51 Å². The first-order valence-corrected chi connectivity index (χ1v) is 8.58. The molecule has 1 aromatic rings. The van der Waals surface area contributed by atoms with E-state index in [1.807, 2.05) is 32.0 Å². The maximum Gasteiger partial charge on any atom is 0.275 e. The van der Waals surface area contributed by atoms with E-state index in [1.165, 1.54) is 0 Å². The molecule has 116 valence electrons. The Morgan fingerprint density at radius 2 is 1.76 bits per heavy atom. The lowest BCUT2D eigenvalue weighted by Crippen LogP contribution is -2.37. The molecule has 0 aromatic heterocycles. The van der Waals surface area contributed by atoms with Crippen LogP contribution in [-0.2, 0) is 33.1 Å². The molecule has 2 atom stereocenters. The van der Waals surface area contributed by atoms with Gasteiger partial charge in [-0.15, -0.1) is 0 Å². The summed E-state index contributed by atoms with van der Waals surface area (Å²) in [6.07, 6.45) is -0.0107. The first-order chi connectivity index (χ1) is 9.81. The Morgan fingerprint density at radius 1 is 1.24 bits per heavy atom. The molecule has 8 heteroatoms. The van der Waals surface area contributed by atoms with E-state index >= 15 is 0 Å². The Labute approximate surface area is 141 Å². The van der Waals surface area contributed by atoms with Crippen LogP contribution < -0.4 is 4.31 Å². The van der Waals surface area contributed by atoms with Gasteiger partial charge in [-0.3, -0.25) is 8.98 Å². The largest absolute Gasteiger partial charge is 0.275 e. The Balaban J connectivity index is 2.52. The molecular weight excluding hydrogens is 357 g/mol. The number of para-hydroxylation sites is 1. The standard InChI is InChI=1S/C13H14Cl3NO3S/c1-3-8-6-5-7-9(4-2)10(8)17-12(18)11(13(14,15)16)20-21(17)19/h5-7,11H,3-4H2,1-2H3. The molecule has 1 aromatic carbocycles. The normalized spacial score (nSPS) is 22.9. The summed E-state index contributed by atoms with van der Waals surface area (Å²) in [6.45, 7) is 3.91. The number of nitrogens with zero attached hydrogens (tertiary/aromatic N) is 1. The van der Waals surface area contributed by atoms with Crippen molar-refractivity contribution in [1.82, 2.24) is 0 Å². The lowest BCUT2D eigenvalue weighted by Gasteiger charge is -2.20. The second kappa shape index (κ2) is 6.42. The zero-order valence-electron chi connectivity index (χ0n) is 11.4. The van der Waals surface area contributed by atoms with E-state index < -0.39 is 27.1 Å². The molecule has 0 spiro atoms. The van der Waals surface area contributed by atoms with Gasteiger partial charge in [-0.2, -0.15) is 0 Å². The second-order valence-corrected chi connectivity index (χ2v) is 7.86. The van der Waals surface area contributed by atoms with Crippen molar-refractivity contribution in [1.29, 1.82) is 0 Å². The summed E-state index contributed by atoms with van der Waals surface area (Å²) in [5, 5.41) is 0. The van der Waals surface area contributed by atoms with E-state index in [9.17, 15) is 9.00 Å². The van der Waals surface area contributed by atoms with E-state index in [0.29, 0.717) is 18.5 Å². The van der Waals surface area contributed by atoms with E-state index in [-0.39, 0.29) is 0 Å². The number of amides is 1. The Hall–Kier alpha value is -0.330. The number of alkyl halides is 3. The predicted octanol–water partition coefficient (Wildman–Crippen LogP) is 3.49. The fourth-order valence-electron chi connectivity index (χ4n) is 2.20. The third-order valence-electron chi connectivity index (χ3n) is 3.22. The maximum absolute atomic E-state index is 12.5. The van der Waals surface area contributed by atoms with Crippen molar-refractivity contribution >= 4 is 57.7 Å². The predicted molar refractivity (Wildman–Crippen MR) is 86.0 cm³/mol. The van der Waals surface area contributed by atoms with E-state index in [4.69, 9.17) is 39.0 Å². The van der Waals surface area contributed by atoms with E-state index in [1.54, 1.807) is 0 Å². The third kappa shape index (κ3) is 3.22. The molecule has 0 saturated carbocycles. The smallest absolute Gasteiger partial charge is 0.270 e. The average molecular weight is 371 g/mol. The number of benzene rings is 1. The van der Waals surface area contributed by atoms with Gasteiger partial charge >= 0.3 is 0 Å². The number of carbonyl (C=O) groups is 1. The minimum absolute atomic E-state index is 0.586. The number of aryl methyl sites for hydroxylation is 2. The molecule has 2 unspecified atom stereocenters. The summed E-state index contributed by atoms with van der Waals surface area (Å²) in [7, 11) is 0. The number of halogens is 3. The Bertz CT molecular complexity index is 566. The first-order valence-electron chi connectivity index (χ1n) is 6.41. The molecule has 1 heterocycles. The topological polar surface area (TPSA) is 46.6 Å². The van der Waals surface area contributed by atoms with Gasteiger partial charge in [0.1, 0.15) is 0 Å². The van der Waals surface area contributed by atoms with Gasteiger partial charge in [0.2, 0.25) is 9.90 Å². The van der Waals surface area contributed by atoms with Crippen LogP contribution in [0.5, 0.6) is 0 Å². The van der Waals surface area contributed by atoms with Crippen molar-refractivity contribution in [3.05, 3.63) is 29.3 Å². The van der Waals surface area contributed by atoms with Gasteiger partial charge in [0.25, 0.3) is 17.2 Å². The molecule has 0 aliphatic carbocycles. The molecular formula is C13H14Cl3NO3S. The van der Waals surface area contributed by atoms with Gasteiger partial charge in [-0.1, -0.05) is 66.8 Å². The summed E-state index contributed by atoms with van der Waals surface area (Å²) >= 11 is 15.2. The molecule has 0 radical (unpaired) electrons. The lowest BCUT2D eigenvalue weighted by atomic mass is 10.0. The zero-order valence-corrected chi connectivity index (χ0v) is 14.5. The molecule has 1 aliphatic heterocycles. The Kier molecular flexibility index (Phi) is 5.21. The van der Waals surface area contributed by atoms with Crippen LogP contribution in [0.1, 0.15) is 25.0 Å². The van der Waals surface area contributed by atoms with Gasteiger partial charge in [0.05, 0.1) is 5.69 Å². The summed E-state index contributed by atoms with van der Waals surface area (Å²) in [4.78, 5) is 12.5. The first kappa shape index (κ1) is 17.0. The highest BCUT2D eigenvalue weighted by Gasteiger charge is 2.51. The highest BCUT2D eigenvalue weighted by atomic mass is 35.6. The van der Waals surface area contributed by atoms with Crippen molar-refractivity contribution in [3.8, 4) is 0 Å². The van der Waals surface area contributed by atoms with Crippen LogP contribution in [0.4, 0.5) is 5.69 Å². The lowest BCUT2D eigenvalue weighted by molar-refractivity contribution is -0.121. The fraction of sp³-hybridized carbons (Fsp3) is 0.462. The number of hydrogen-bond donors (Lipinski definition) is 0. The van der Waals surface area contributed by atoms with E-state index in [0.717, 1.165) is 15.4 Å². The molecule has 0 N–H and O–H groups in total. The summed E-state index contributed by atoms with van der Waals surface area (Å²) in [6, 6.07) is 5.65. The number of rotatable bonds is 3. The van der Waals surface area contributed by atoms with Gasteiger partial charge in [-0.05, 0) is 24.0 Å². The van der Waals surface area contributed by atoms with Gasteiger partial charge in [0, 0.05) is 0 Å². The molecule has 1 saturated heterocycles. The second-order valence-electron chi connectivity index (χ2n) is 4.50. The zero-order chi connectivity index (χ0) is 15.8. The molecule has 1 aliphatic rings. The molecule has 1 fully saturated rings. The summed E-state index contributed by atoms with van der Waals surface area (Å²) in [5.74, 6) is -0.607. The van der Waals surface area contributed by atoms with Crippen molar-refractivity contribution in [2.75, 3.05) is 4.31 Å². The quantitative estimate of drug-likeness (QED) is 0.765. The number of hydrogen-bond acceptors (Lipinski definition) is 3. The molecule has 2 rings (SSSR count). The summed E-state index contributed by atoms with van der Waals surface area (Å²) < 4.78 is 16.4. The molecule has 0 bridgehead atoms. The minimum atomic E-state index is -2.01. The number of anilines is 1. The highest BCUT2D eigenvalue weighted by molar-refractivity contribution is 7.83. The van der Waals surface area contributed by atoms with E-state index in [2.05, 4.69) is 0 Å². The van der Waals surface area contributed by atoms with Crippen LogP contribution in [0.2, 0.25) is 0 Å². The number of carbonyl (C=O) groups excluding carboxylic acids is 1. The molecule has 21 heavy (non-hydrogen) atoms. The fourth-order valence-corrected chi connectivity index (χ4v) is 3.88. The maximum atomic E-state index is 12.5. The van der Waals surface area contributed by atoms with Crippen LogP contribution in [0, 0.1) is 0 Å². The molecule has 1 amide bonds. The molecule has 4 nitrogen and oxygen atoms in total. The third-order valence-corrected chi connectivity index (χ3v) is 4.83. The van der Waals surface area contributed by atoms with Crippen LogP contribution >= 0.6 is 34.8 Å². The van der Waals surface area contributed by atoms with Crippen molar-refractivity contribution in [2.24, 2.45) is 0 Å².